The van der Waals surface area contributed by atoms with Crippen LogP contribution in [-0.4, -0.2) is 25.8 Å². The summed E-state index contributed by atoms with van der Waals surface area (Å²) < 4.78 is 6.53. The van der Waals surface area contributed by atoms with Crippen molar-refractivity contribution in [2.45, 2.75) is 25.9 Å². The van der Waals surface area contributed by atoms with Gasteiger partial charge >= 0.3 is 0 Å². The van der Waals surface area contributed by atoms with E-state index in [1.54, 1.807) is 0 Å². The fourth-order valence-electron chi connectivity index (χ4n) is 2.24. The number of hydrogen-bond acceptors (Lipinski definition) is 3. The monoisotopic (exact) mass is 308 g/mol. The standard InChI is InChI=1S/C14H17BrN2O/c1-2-17(10-13-4-3-7-18-13)12-6-5-11(9-16)14(15)8-12/h5-6,8,13H,2-4,7,10H2,1H3. The molecule has 0 radical (unpaired) electrons. The number of halogens is 1. The lowest BCUT2D eigenvalue weighted by molar-refractivity contribution is 0.115. The molecular weight excluding hydrogens is 292 g/mol. The molecule has 2 rings (SSSR count). The van der Waals surface area contributed by atoms with Crippen molar-refractivity contribution >= 4 is 21.6 Å². The predicted molar refractivity (Wildman–Crippen MR) is 75.7 cm³/mol. The third-order valence-electron chi connectivity index (χ3n) is 3.27. The van der Waals surface area contributed by atoms with Crippen LogP contribution in [0.4, 0.5) is 5.69 Å². The number of rotatable bonds is 4. The van der Waals surface area contributed by atoms with Gasteiger partial charge in [0.1, 0.15) is 6.07 Å². The summed E-state index contributed by atoms with van der Waals surface area (Å²) >= 11 is 3.44. The zero-order chi connectivity index (χ0) is 13.0. The lowest BCUT2D eigenvalue weighted by atomic mass is 10.2. The molecule has 1 fully saturated rings. The highest BCUT2D eigenvalue weighted by Crippen LogP contribution is 2.25. The van der Waals surface area contributed by atoms with Gasteiger partial charge in [-0.05, 0) is 53.9 Å². The van der Waals surface area contributed by atoms with E-state index in [2.05, 4.69) is 33.8 Å². The quantitative estimate of drug-likeness (QED) is 0.856. The van der Waals surface area contributed by atoms with Gasteiger partial charge in [-0.2, -0.15) is 5.26 Å². The van der Waals surface area contributed by atoms with Crippen LogP contribution >= 0.6 is 15.9 Å². The van der Waals surface area contributed by atoms with E-state index in [1.807, 2.05) is 18.2 Å². The van der Waals surface area contributed by atoms with Crippen LogP contribution in [0.3, 0.4) is 0 Å². The molecule has 0 aliphatic carbocycles. The topological polar surface area (TPSA) is 36.3 Å². The number of ether oxygens (including phenoxy) is 1. The Labute approximate surface area is 116 Å². The van der Waals surface area contributed by atoms with E-state index in [0.717, 1.165) is 36.3 Å². The van der Waals surface area contributed by atoms with Gasteiger partial charge in [-0.1, -0.05) is 0 Å². The number of likely N-dealkylation sites (N-methyl/N-ethyl adjacent to an activating group) is 1. The second-order valence-corrected chi connectivity index (χ2v) is 5.30. The average Bonchev–Trinajstić information content (AvgIpc) is 2.88. The summed E-state index contributed by atoms with van der Waals surface area (Å²) in [5.41, 5.74) is 1.81. The number of hydrogen-bond donors (Lipinski definition) is 0. The Balaban J connectivity index is 2.11. The SMILES string of the molecule is CCN(CC1CCCO1)c1ccc(C#N)c(Br)c1. The van der Waals surface area contributed by atoms with Gasteiger partial charge in [-0.3, -0.25) is 0 Å². The molecule has 0 N–H and O–H groups in total. The smallest absolute Gasteiger partial charge is 0.100 e. The largest absolute Gasteiger partial charge is 0.376 e. The van der Waals surface area contributed by atoms with E-state index in [4.69, 9.17) is 10.00 Å². The Kier molecular flexibility index (Phi) is 4.62. The summed E-state index contributed by atoms with van der Waals surface area (Å²) in [6.45, 7) is 4.90. The van der Waals surface area contributed by atoms with Crippen LogP contribution < -0.4 is 4.90 Å². The first-order valence-electron chi connectivity index (χ1n) is 6.30. The van der Waals surface area contributed by atoms with E-state index < -0.39 is 0 Å². The molecule has 3 nitrogen and oxygen atoms in total. The number of nitriles is 1. The number of benzene rings is 1. The summed E-state index contributed by atoms with van der Waals surface area (Å²) in [6.07, 6.45) is 2.66. The molecular formula is C14H17BrN2O. The highest BCUT2D eigenvalue weighted by Gasteiger charge is 2.19. The Hall–Kier alpha value is -1.05. The molecule has 1 unspecified atom stereocenters. The second kappa shape index (κ2) is 6.21. The van der Waals surface area contributed by atoms with Crippen molar-refractivity contribution < 1.29 is 4.74 Å². The third-order valence-corrected chi connectivity index (χ3v) is 3.92. The zero-order valence-electron chi connectivity index (χ0n) is 10.5. The Morgan fingerprint density at radius 2 is 2.39 bits per heavy atom. The van der Waals surface area contributed by atoms with Crippen LogP contribution in [0.15, 0.2) is 22.7 Å². The van der Waals surface area contributed by atoms with Crippen molar-refractivity contribution in [3.05, 3.63) is 28.2 Å². The second-order valence-electron chi connectivity index (χ2n) is 4.45. The van der Waals surface area contributed by atoms with E-state index in [9.17, 15) is 0 Å². The van der Waals surface area contributed by atoms with Gasteiger partial charge in [-0.25, -0.2) is 0 Å². The molecule has 1 aliphatic heterocycles. The van der Waals surface area contributed by atoms with E-state index in [-0.39, 0.29) is 0 Å². The van der Waals surface area contributed by atoms with Crippen LogP contribution in [0.5, 0.6) is 0 Å². The Bertz CT molecular complexity index is 450. The van der Waals surface area contributed by atoms with Crippen molar-refractivity contribution in [2.24, 2.45) is 0 Å². The van der Waals surface area contributed by atoms with E-state index in [0.29, 0.717) is 11.7 Å². The first kappa shape index (κ1) is 13.4. The van der Waals surface area contributed by atoms with Crippen molar-refractivity contribution in [1.29, 1.82) is 5.26 Å². The van der Waals surface area contributed by atoms with Crippen molar-refractivity contribution in [1.82, 2.24) is 0 Å². The van der Waals surface area contributed by atoms with Gasteiger partial charge in [-0.15, -0.1) is 0 Å². The van der Waals surface area contributed by atoms with Crippen molar-refractivity contribution in [3.8, 4) is 6.07 Å². The highest BCUT2D eigenvalue weighted by molar-refractivity contribution is 9.10. The maximum atomic E-state index is 8.92. The molecule has 1 aromatic rings. The molecule has 0 aromatic heterocycles. The number of nitrogens with zero attached hydrogens (tertiary/aromatic N) is 2. The molecule has 1 saturated heterocycles. The molecule has 0 saturated carbocycles. The summed E-state index contributed by atoms with van der Waals surface area (Å²) in [6, 6.07) is 8.03. The molecule has 0 amide bonds. The van der Waals surface area contributed by atoms with E-state index >= 15 is 0 Å². The predicted octanol–water partition coefficient (Wildman–Crippen LogP) is 3.33. The van der Waals surface area contributed by atoms with Gasteiger partial charge in [0.15, 0.2) is 0 Å². The summed E-state index contributed by atoms with van der Waals surface area (Å²) in [4.78, 5) is 2.29. The normalized spacial score (nSPS) is 18.6. The minimum atomic E-state index is 0.347. The molecule has 1 aliphatic rings. The Morgan fingerprint density at radius 1 is 1.56 bits per heavy atom. The van der Waals surface area contributed by atoms with Crippen LogP contribution in [0.1, 0.15) is 25.3 Å². The van der Waals surface area contributed by atoms with E-state index in [1.165, 1.54) is 6.42 Å². The molecule has 1 heterocycles. The van der Waals surface area contributed by atoms with Crippen LogP contribution in [0, 0.1) is 11.3 Å². The maximum Gasteiger partial charge on any atom is 0.100 e. The van der Waals surface area contributed by atoms with Crippen molar-refractivity contribution in [3.63, 3.8) is 0 Å². The lowest BCUT2D eigenvalue weighted by Gasteiger charge is -2.26. The summed E-state index contributed by atoms with van der Waals surface area (Å²) in [5, 5.41) is 8.92. The zero-order valence-corrected chi connectivity index (χ0v) is 12.1. The molecule has 0 bridgehead atoms. The van der Waals surface area contributed by atoms with Gasteiger partial charge in [0, 0.05) is 29.9 Å². The molecule has 1 aromatic carbocycles. The summed E-state index contributed by atoms with van der Waals surface area (Å²) in [7, 11) is 0. The number of anilines is 1. The van der Waals surface area contributed by atoms with Gasteiger partial charge < -0.3 is 9.64 Å². The van der Waals surface area contributed by atoms with Gasteiger partial charge in [0.25, 0.3) is 0 Å². The fourth-order valence-corrected chi connectivity index (χ4v) is 2.70. The van der Waals surface area contributed by atoms with Crippen molar-refractivity contribution in [2.75, 3.05) is 24.6 Å². The van der Waals surface area contributed by atoms with Crippen LogP contribution in [0.2, 0.25) is 0 Å². The lowest BCUT2D eigenvalue weighted by Crippen LogP contribution is -2.32. The van der Waals surface area contributed by atoms with Gasteiger partial charge in [0.2, 0.25) is 0 Å². The first-order valence-corrected chi connectivity index (χ1v) is 7.10. The molecule has 18 heavy (non-hydrogen) atoms. The maximum absolute atomic E-state index is 8.92. The van der Waals surface area contributed by atoms with Gasteiger partial charge in [0.05, 0.1) is 11.7 Å². The minimum Gasteiger partial charge on any atom is -0.376 e. The molecule has 4 heteroatoms. The molecule has 1 atom stereocenters. The Morgan fingerprint density at radius 3 is 2.94 bits per heavy atom. The van der Waals surface area contributed by atoms with Crippen LogP contribution in [-0.2, 0) is 4.74 Å². The summed E-state index contributed by atoms with van der Waals surface area (Å²) in [5.74, 6) is 0. The first-order chi connectivity index (χ1) is 8.74. The minimum absolute atomic E-state index is 0.347. The van der Waals surface area contributed by atoms with Crippen LogP contribution in [0.25, 0.3) is 0 Å². The highest BCUT2D eigenvalue weighted by atomic mass is 79.9. The fraction of sp³-hybridized carbons (Fsp3) is 0.500. The average molecular weight is 309 g/mol. The molecule has 96 valence electrons. The third kappa shape index (κ3) is 3.04. The molecule has 0 spiro atoms.